The Morgan fingerprint density at radius 3 is 2.36 bits per heavy atom. The number of benzene rings is 3. The minimum atomic E-state index is -0.759. The molecule has 0 aliphatic carbocycles. The molecule has 0 heterocycles. The van der Waals surface area contributed by atoms with Crippen LogP contribution in [0.25, 0.3) is 0 Å². The van der Waals surface area contributed by atoms with Crippen LogP contribution in [0, 0.1) is 0 Å². The van der Waals surface area contributed by atoms with E-state index >= 15 is 0 Å². The number of nitrogens with one attached hydrogen (secondary N) is 1. The molecule has 0 saturated heterocycles. The fourth-order valence-electron chi connectivity index (χ4n) is 3.35. The van der Waals surface area contributed by atoms with E-state index in [1.165, 1.54) is 4.90 Å². The van der Waals surface area contributed by atoms with Crippen LogP contribution in [0.5, 0.6) is 5.75 Å². The van der Waals surface area contributed by atoms with Crippen molar-refractivity contribution in [3.05, 3.63) is 98.4 Å². The zero-order valence-corrected chi connectivity index (χ0v) is 21.0. The van der Waals surface area contributed by atoms with Gasteiger partial charge in [0.15, 0.2) is 6.61 Å². The second-order valence-electron chi connectivity index (χ2n) is 7.30. The molecule has 0 radical (unpaired) electrons. The standard InChI is InChI=1S/C25H23BrCl2N2O3/c1-29-25(32)22(13-17-7-3-2-4-8-17)30(15-18-9-5-6-10-20(18)27)24(31)16-33-23-12-11-19(26)14-21(23)28/h2-12,14,22H,13,15-16H2,1H3,(H,29,32). The Morgan fingerprint density at radius 1 is 1.00 bits per heavy atom. The van der Waals surface area contributed by atoms with E-state index in [1.807, 2.05) is 48.5 Å². The molecule has 1 atom stereocenters. The number of ether oxygens (including phenoxy) is 1. The SMILES string of the molecule is CNC(=O)C(Cc1ccccc1)N(Cc1ccccc1Cl)C(=O)COc1ccc(Br)cc1Cl. The quantitative estimate of drug-likeness (QED) is 0.382. The number of carbonyl (C=O) groups is 2. The van der Waals surface area contributed by atoms with Crippen LogP contribution in [0.15, 0.2) is 77.3 Å². The summed E-state index contributed by atoms with van der Waals surface area (Å²) < 4.78 is 6.51. The summed E-state index contributed by atoms with van der Waals surface area (Å²) in [5, 5.41) is 3.57. The Bertz CT molecular complexity index is 1110. The first kappa shape index (κ1) is 25.1. The summed E-state index contributed by atoms with van der Waals surface area (Å²) in [6.07, 6.45) is 0.343. The predicted octanol–water partition coefficient (Wildman–Crippen LogP) is 5.52. The molecule has 1 unspecified atom stereocenters. The zero-order valence-electron chi connectivity index (χ0n) is 17.9. The van der Waals surface area contributed by atoms with E-state index in [2.05, 4.69) is 21.2 Å². The summed E-state index contributed by atoms with van der Waals surface area (Å²) >= 11 is 15.9. The minimum absolute atomic E-state index is 0.154. The first-order valence-electron chi connectivity index (χ1n) is 10.2. The van der Waals surface area contributed by atoms with Crippen molar-refractivity contribution < 1.29 is 14.3 Å². The molecule has 0 spiro atoms. The molecule has 0 aromatic heterocycles. The van der Waals surface area contributed by atoms with Gasteiger partial charge in [0.05, 0.1) is 5.02 Å². The zero-order chi connectivity index (χ0) is 23.8. The number of hydrogen-bond acceptors (Lipinski definition) is 3. The molecule has 33 heavy (non-hydrogen) atoms. The fourth-order valence-corrected chi connectivity index (χ4v) is 4.27. The van der Waals surface area contributed by atoms with Crippen LogP contribution in [0.1, 0.15) is 11.1 Å². The van der Waals surface area contributed by atoms with Crippen molar-refractivity contribution in [3.8, 4) is 5.75 Å². The molecular weight excluding hydrogens is 527 g/mol. The first-order chi connectivity index (χ1) is 15.9. The van der Waals surface area contributed by atoms with Crippen molar-refractivity contribution in [2.24, 2.45) is 0 Å². The Balaban J connectivity index is 1.89. The van der Waals surface area contributed by atoms with E-state index < -0.39 is 6.04 Å². The van der Waals surface area contributed by atoms with Crippen molar-refractivity contribution in [2.75, 3.05) is 13.7 Å². The van der Waals surface area contributed by atoms with Gasteiger partial charge in [-0.05, 0) is 35.4 Å². The smallest absolute Gasteiger partial charge is 0.261 e. The highest BCUT2D eigenvalue weighted by Gasteiger charge is 2.30. The highest BCUT2D eigenvalue weighted by Crippen LogP contribution is 2.28. The number of likely N-dealkylation sites (N-methyl/N-ethyl adjacent to an activating group) is 1. The minimum Gasteiger partial charge on any atom is -0.482 e. The Kier molecular flexibility index (Phi) is 9.18. The predicted molar refractivity (Wildman–Crippen MR) is 135 cm³/mol. The maximum Gasteiger partial charge on any atom is 0.261 e. The third-order valence-corrected chi connectivity index (χ3v) is 6.22. The van der Waals surface area contributed by atoms with Gasteiger partial charge in [0.1, 0.15) is 11.8 Å². The van der Waals surface area contributed by atoms with Crippen LogP contribution in [-0.2, 0) is 22.6 Å². The molecule has 3 aromatic rings. The molecule has 0 aliphatic heterocycles. The monoisotopic (exact) mass is 548 g/mol. The highest BCUT2D eigenvalue weighted by molar-refractivity contribution is 9.10. The lowest BCUT2D eigenvalue weighted by molar-refractivity contribution is -0.142. The second-order valence-corrected chi connectivity index (χ2v) is 9.03. The maximum atomic E-state index is 13.4. The molecule has 8 heteroatoms. The lowest BCUT2D eigenvalue weighted by atomic mass is 10.0. The van der Waals surface area contributed by atoms with Gasteiger partial charge in [-0.15, -0.1) is 0 Å². The van der Waals surface area contributed by atoms with Gasteiger partial charge >= 0.3 is 0 Å². The normalized spacial score (nSPS) is 11.5. The van der Waals surface area contributed by atoms with E-state index in [1.54, 1.807) is 31.3 Å². The second kappa shape index (κ2) is 12.1. The Morgan fingerprint density at radius 2 is 1.70 bits per heavy atom. The van der Waals surface area contributed by atoms with Gasteiger partial charge in [-0.25, -0.2) is 0 Å². The van der Waals surface area contributed by atoms with Gasteiger partial charge in [0.25, 0.3) is 5.91 Å². The van der Waals surface area contributed by atoms with Gasteiger partial charge in [0.2, 0.25) is 5.91 Å². The fraction of sp³-hybridized carbons (Fsp3) is 0.200. The molecule has 2 amide bonds. The van der Waals surface area contributed by atoms with Crippen LogP contribution in [0.2, 0.25) is 10.0 Å². The average molecular weight is 550 g/mol. The van der Waals surface area contributed by atoms with Crippen molar-refractivity contribution in [3.63, 3.8) is 0 Å². The summed E-state index contributed by atoms with van der Waals surface area (Å²) in [6, 6.07) is 21.2. The van der Waals surface area contributed by atoms with Gasteiger partial charge in [-0.2, -0.15) is 0 Å². The van der Waals surface area contributed by atoms with Gasteiger partial charge in [-0.3, -0.25) is 9.59 Å². The number of nitrogens with zero attached hydrogens (tertiary/aromatic N) is 1. The van der Waals surface area contributed by atoms with Crippen molar-refractivity contribution in [2.45, 2.75) is 19.0 Å². The van der Waals surface area contributed by atoms with Crippen LogP contribution in [0.4, 0.5) is 0 Å². The van der Waals surface area contributed by atoms with Gasteiger partial charge in [0, 0.05) is 29.5 Å². The Hall–Kier alpha value is -2.54. The molecule has 1 N–H and O–H groups in total. The number of amides is 2. The third kappa shape index (κ3) is 6.97. The van der Waals surface area contributed by atoms with Crippen molar-refractivity contribution >= 4 is 50.9 Å². The van der Waals surface area contributed by atoms with Crippen LogP contribution in [-0.4, -0.2) is 36.4 Å². The number of hydrogen-bond donors (Lipinski definition) is 1. The van der Waals surface area contributed by atoms with Crippen molar-refractivity contribution in [1.82, 2.24) is 10.2 Å². The van der Waals surface area contributed by atoms with E-state index in [0.29, 0.717) is 22.2 Å². The summed E-state index contributed by atoms with van der Waals surface area (Å²) in [6.45, 7) is -0.130. The van der Waals surface area contributed by atoms with E-state index in [9.17, 15) is 9.59 Å². The molecule has 0 bridgehead atoms. The molecule has 0 aliphatic rings. The number of rotatable bonds is 9. The lowest BCUT2D eigenvalue weighted by Gasteiger charge is -2.31. The molecule has 0 fully saturated rings. The molecule has 172 valence electrons. The van der Waals surface area contributed by atoms with E-state index in [4.69, 9.17) is 27.9 Å². The van der Waals surface area contributed by atoms with Crippen LogP contribution >= 0.6 is 39.1 Å². The average Bonchev–Trinajstić information content (AvgIpc) is 2.82. The van der Waals surface area contributed by atoms with Crippen molar-refractivity contribution in [1.29, 1.82) is 0 Å². The molecule has 3 rings (SSSR count). The molecule has 0 saturated carbocycles. The molecular formula is C25H23BrCl2N2O3. The maximum absolute atomic E-state index is 13.4. The summed E-state index contributed by atoms with van der Waals surface area (Å²) in [7, 11) is 1.55. The summed E-state index contributed by atoms with van der Waals surface area (Å²) in [5.41, 5.74) is 1.66. The van der Waals surface area contributed by atoms with Gasteiger partial charge in [-0.1, -0.05) is 87.7 Å². The van der Waals surface area contributed by atoms with E-state index in [-0.39, 0.29) is 25.0 Å². The largest absolute Gasteiger partial charge is 0.482 e. The third-order valence-electron chi connectivity index (χ3n) is 5.06. The summed E-state index contributed by atoms with van der Waals surface area (Å²) in [5.74, 6) is -0.259. The number of carbonyl (C=O) groups excluding carboxylic acids is 2. The first-order valence-corrected chi connectivity index (χ1v) is 11.8. The number of halogens is 3. The Labute approximate surface area is 211 Å². The lowest BCUT2D eigenvalue weighted by Crippen LogP contribution is -2.51. The summed E-state index contributed by atoms with van der Waals surface area (Å²) in [4.78, 5) is 27.8. The molecule has 3 aromatic carbocycles. The van der Waals surface area contributed by atoms with Gasteiger partial charge < -0.3 is 15.0 Å². The molecule has 5 nitrogen and oxygen atoms in total. The van der Waals surface area contributed by atoms with E-state index in [0.717, 1.165) is 15.6 Å². The van der Waals surface area contributed by atoms with Crippen LogP contribution < -0.4 is 10.1 Å². The topological polar surface area (TPSA) is 58.6 Å². The van der Waals surface area contributed by atoms with Crippen LogP contribution in [0.3, 0.4) is 0 Å². The highest BCUT2D eigenvalue weighted by atomic mass is 79.9.